The highest BCUT2D eigenvalue weighted by molar-refractivity contribution is 6.16. The maximum Gasteiger partial charge on any atom is 0.341 e. The van der Waals surface area contributed by atoms with Crippen molar-refractivity contribution in [2.45, 2.75) is 33.8 Å². The van der Waals surface area contributed by atoms with E-state index in [0.29, 0.717) is 24.4 Å². The Morgan fingerprint density at radius 3 is 2.36 bits per heavy atom. The van der Waals surface area contributed by atoms with Crippen molar-refractivity contribution in [3.8, 4) is 11.5 Å². The Labute approximate surface area is 166 Å². The van der Waals surface area contributed by atoms with Gasteiger partial charge in [-0.2, -0.15) is 0 Å². The van der Waals surface area contributed by atoms with Gasteiger partial charge < -0.3 is 18.9 Å². The van der Waals surface area contributed by atoms with Crippen molar-refractivity contribution in [2.75, 3.05) is 20.8 Å². The summed E-state index contributed by atoms with van der Waals surface area (Å²) in [4.78, 5) is 12.1. The van der Waals surface area contributed by atoms with Gasteiger partial charge >= 0.3 is 5.97 Å². The molecule has 0 fully saturated rings. The van der Waals surface area contributed by atoms with E-state index in [0.717, 1.165) is 34.6 Å². The van der Waals surface area contributed by atoms with Crippen LogP contribution >= 0.6 is 0 Å². The van der Waals surface area contributed by atoms with Gasteiger partial charge in [-0.25, -0.2) is 4.79 Å². The fourth-order valence-corrected chi connectivity index (χ4v) is 2.82. The van der Waals surface area contributed by atoms with E-state index in [9.17, 15) is 4.79 Å². The summed E-state index contributed by atoms with van der Waals surface area (Å²) in [5.41, 5.74) is 3.93. The van der Waals surface area contributed by atoms with Crippen LogP contribution in [0.2, 0.25) is 0 Å². The summed E-state index contributed by atoms with van der Waals surface area (Å²) in [7, 11) is 2.84. The molecule has 0 amide bonds. The average Bonchev–Trinajstić information content (AvgIpc) is 2.71. The van der Waals surface area contributed by atoms with Crippen LogP contribution < -0.4 is 9.47 Å². The Bertz CT molecular complexity index is 839. The van der Waals surface area contributed by atoms with Crippen molar-refractivity contribution >= 4 is 11.5 Å². The van der Waals surface area contributed by atoms with Crippen LogP contribution in [0.3, 0.4) is 0 Å². The number of benzene rings is 2. The van der Waals surface area contributed by atoms with Crippen LogP contribution in [0, 0.1) is 13.8 Å². The first-order valence-corrected chi connectivity index (χ1v) is 9.28. The van der Waals surface area contributed by atoms with E-state index >= 15 is 0 Å². The molecular formula is C23H28O5. The molecule has 0 saturated carbocycles. The Balaban J connectivity index is 2.30. The standard InChI is InChI=1S/C23H28O5/c1-6-11-27-21-12-16(2)13-22(17(21)3)28-14-18-9-7-8-10-19(18)20(15-25-4)23(24)26-5/h7-10,12-13,15H,6,11,14H2,1-5H3/b20-15-. The molecule has 150 valence electrons. The number of methoxy groups -OCH3 is 2. The molecule has 0 bridgehead atoms. The van der Waals surface area contributed by atoms with Crippen molar-refractivity contribution in [1.82, 2.24) is 0 Å². The second kappa shape index (κ2) is 10.4. The molecule has 2 aromatic rings. The third-order valence-corrected chi connectivity index (χ3v) is 4.25. The summed E-state index contributed by atoms with van der Waals surface area (Å²) >= 11 is 0. The number of ether oxygens (including phenoxy) is 4. The van der Waals surface area contributed by atoms with Crippen molar-refractivity contribution in [1.29, 1.82) is 0 Å². The van der Waals surface area contributed by atoms with E-state index < -0.39 is 5.97 Å². The first-order chi connectivity index (χ1) is 13.5. The molecule has 0 N–H and O–H groups in total. The lowest BCUT2D eigenvalue weighted by Gasteiger charge is -2.16. The van der Waals surface area contributed by atoms with E-state index in [1.54, 1.807) is 0 Å². The summed E-state index contributed by atoms with van der Waals surface area (Å²) < 4.78 is 21.9. The number of rotatable bonds is 9. The minimum absolute atomic E-state index is 0.297. The molecule has 2 rings (SSSR count). The molecular weight excluding hydrogens is 356 g/mol. The summed E-state index contributed by atoms with van der Waals surface area (Å²) in [6.45, 7) is 7.03. The second-order valence-corrected chi connectivity index (χ2v) is 6.44. The predicted octanol–water partition coefficient (Wildman–Crippen LogP) is 4.83. The lowest BCUT2D eigenvalue weighted by molar-refractivity contribution is -0.133. The molecule has 0 heterocycles. The minimum atomic E-state index is -0.462. The van der Waals surface area contributed by atoms with Gasteiger partial charge in [0.2, 0.25) is 0 Å². The fraction of sp³-hybridized carbons (Fsp3) is 0.348. The van der Waals surface area contributed by atoms with E-state index in [4.69, 9.17) is 18.9 Å². The van der Waals surface area contributed by atoms with Gasteiger partial charge in [-0.05, 0) is 49.1 Å². The molecule has 0 aliphatic heterocycles. The molecule has 0 atom stereocenters. The number of aryl methyl sites for hydroxylation is 1. The van der Waals surface area contributed by atoms with Crippen LogP contribution in [-0.4, -0.2) is 26.8 Å². The molecule has 2 aromatic carbocycles. The number of esters is 1. The van der Waals surface area contributed by atoms with Gasteiger partial charge in [0.15, 0.2) is 0 Å². The third-order valence-electron chi connectivity index (χ3n) is 4.25. The van der Waals surface area contributed by atoms with Gasteiger partial charge in [0, 0.05) is 5.56 Å². The predicted molar refractivity (Wildman–Crippen MR) is 109 cm³/mol. The molecule has 0 radical (unpaired) electrons. The summed E-state index contributed by atoms with van der Waals surface area (Å²) in [6, 6.07) is 11.5. The van der Waals surface area contributed by atoms with Crippen LogP contribution in [0.1, 0.15) is 35.6 Å². The molecule has 28 heavy (non-hydrogen) atoms. The number of hydrogen-bond acceptors (Lipinski definition) is 5. The normalized spacial score (nSPS) is 11.1. The van der Waals surface area contributed by atoms with Crippen LogP contribution in [0.4, 0.5) is 0 Å². The van der Waals surface area contributed by atoms with Crippen LogP contribution in [0.15, 0.2) is 42.7 Å². The summed E-state index contributed by atoms with van der Waals surface area (Å²) in [6.07, 6.45) is 2.33. The van der Waals surface area contributed by atoms with Gasteiger partial charge in [-0.3, -0.25) is 0 Å². The Morgan fingerprint density at radius 1 is 1.04 bits per heavy atom. The number of carbonyl (C=O) groups is 1. The van der Waals surface area contributed by atoms with Crippen molar-refractivity contribution in [3.63, 3.8) is 0 Å². The van der Waals surface area contributed by atoms with Crippen molar-refractivity contribution in [2.24, 2.45) is 0 Å². The zero-order valence-electron chi connectivity index (χ0n) is 17.2. The first-order valence-electron chi connectivity index (χ1n) is 9.28. The lowest BCUT2D eigenvalue weighted by atomic mass is 10.0. The fourth-order valence-electron chi connectivity index (χ4n) is 2.82. The summed E-state index contributed by atoms with van der Waals surface area (Å²) in [5, 5.41) is 0. The van der Waals surface area contributed by atoms with Gasteiger partial charge in [-0.15, -0.1) is 0 Å². The topological polar surface area (TPSA) is 54.0 Å². The molecule has 0 aliphatic carbocycles. The Morgan fingerprint density at radius 2 is 1.71 bits per heavy atom. The molecule has 0 unspecified atom stereocenters. The van der Waals surface area contributed by atoms with E-state index in [-0.39, 0.29) is 0 Å². The van der Waals surface area contributed by atoms with Gasteiger partial charge in [0.05, 0.1) is 27.1 Å². The molecule has 0 saturated heterocycles. The van der Waals surface area contributed by atoms with Crippen molar-refractivity contribution < 1.29 is 23.7 Å². The average molecular weight is 384 g/mol. The maximum atomic E-state index is 12.1. The van der Waals surface area contributed by atoms with Gasteiger partial charge in [0.1, 0.15) is 23.7 Å². The molecule has 5 heteroatoms. The maximum absolute atomic E-state index is 12.1. The summed E-state index contributed by atoms with van der Waals surface area (Å²) in [5.74, 6) is 1.13. The smallest absolute Gasteiger partial charge is 0.341 e. The number of hydrogen-bond donors (Lipinski definition) is 0. The van der Waals surface area contributed by atoms with Gasteiger partial charge in [-0.1, -0.05) is 31.2 Å². The Kier molecular flexibility index (Phi) is 7.93. The molecule has 0 aliphatic rings. The van der Waals surface area contributed by atoms with E-state index in [2.05, 4.69) is 6.92 Å². The first kappa shape index (κ1) is 21.4. The zero-order chi connectivity index (χ0) is 20.5. The van der Waals surface area contributed by atoms with Crippen LogP contribution in [-0.2, 0) is 20.9 Å². The molecule has 0 spiro atoms. The minimum Gasteiger partial charge on any atom is -0.503 e. The van der Waals surface area contributed by atoms with Crippen LogP contribution in [0.25, 0.3) is 5.57 Å². The number of carbonyl (C=O) groups excluding carboxylic acids is 1. The van der Waals surface area contributed by atoms with E-state index in [1.807, 2.05) is 50.2 Å². The molecule has 0 aromatic heterocycles. The third kappa shape index (κ3) is 5.28. The second-order valence-electron chi connectivity index (χ2n) is 6.44. The quantitative estimate of drug-likeness (QED) is 0.352. The lowest BCUT2D eigenvalue weighted by Crippen LogP contribution is -2.08. The van der Waals surface area contributed by atoms with Crippen molar-refractivity contribution in [3.05, 3.63) is 64.9 Å². The van der Waals surface area contributed by atoms with Gasteiger partial charge in [0.25, 0.3) is 0 Å². The SMILES string of the molecule is CCCOc1cc(C)cc(OCc2ccccc2/C(=C/OC)C(=O)OC)c1C. The monoisotopic (exact) mass is 384 g/mol. The Hall–Kier alpha value is -2.95. The highest BCUT2D eigenvalue weighted by Crippen LogP contribution is 2.31. The molecule has 5 nitrogen and oxygen atoms in total. The largest absolute Gasteiger partial charge is 0.503 e. The highest BCUT2D eigenvalue weighted by Gasteiger charge is 2.17. The van der Waals surface area contributed by atoms with E-state index in [1.165, 1.54) is 20.5 Å². The zero-order valence-corrected chi connectivity index (χ0v) is 17.2. The van der Waals surface area contributed by atoms with Crippen LogP contribution in [0.5, 0.6) is 11.5 Å². The highest BCUT2D eigenvalue weighted by atomic mass is 16.5.